The van der Waals surface area contributed by atoms with E-state index in [1.54, 1.807) is 0 Å². The molecule has 0 spiro atoms. The van der Waals surface area contributed by atoms with Gasteiger partial charge in [-0.2, -0.15) is 0 Å². The summed E-state index contributed by atoms with van der Waals surface area (Å²) in [4.78, 5) is 2.22. The van der Waals surface area contributed by atoms with Crippen molar-refractivity contribution in [3.8, 4) is 0 Å². The third-order valence-corrected chi connectivity index (χ3v) is 4.22. The van der Waals surface area contributed by atoms with Crippen LogP contribution in [0.4, 0.5) is 11.4 Å². The van der Waals surface area contributed by atoms with Gasteiger partial charge >= 0.3 is 0 Å². The molecule has 22 heavy (non-hydrogen) atoms. The number of hydrogen-bond donors (Lipinski definition) is 0. The molecule has 0 bridgehead atoms. The van der Waals surface area contributed by atoms with Crippen LogP contribution in [0.25, 0.3) is 0 Å². The SMILES string of the molecule is C=CC(=C)CCc1ccc(N(C)c2ccc(C)c(C)c2)cc1. The van der Waals surface area contributed by atoms with Crippen molar-refractivity contribution in [2.75, 3.05) is 11.9 Å². The van der Waals surface area contributed by atoms with E-state index in [0.29, 0.717) is 0 Å². The Hall–Kier alpha value is -2.28. The molecule has 2 rings (SSSR count). The van der Waals surface area contributed by atoms with Gasteiger partial charge in [-0.05, 0) is 67.6 Å². The first-order chi connectivity index (χ1) is 10.5. The van der Waals surface area contributed by atoms with Crippen molar-refractivity contribution in [3.05, 3.63) is 84.0 Å². The Bertz CT molecular complexity index is 665. The highest BCUT2D eigenvalue weighted by Crippen LogP contribution is 2.26. The average Bonchev–Trinajstić information content (AvgIpc) is 2.55. The first kappa shape index (κ1) is 16.1. The topological polar surface area (TPSA) is 3.24 Å². The minimum absolute atomic E-state index is 0.968. The minimum atomic E-state index is 0.968. The van der Waals surface area contributed by atoms with Crippen LogP contribution in [0.3, 0.4) is 0 Å². The van der Waals surface area contributed by atoms with E-state index in [1.165, 1.54) is 28.1 Å². The summed E-state index contributed by atoms with van der Waals surface area (Å²) in [5, 5.41) is 0. The molecule has 0 unspecified atom stereocenters. The summed E-state index contributed by atoms with van der Waals surface area (Å²) in [5.74, 6) is 0. The average molecular weight is 291 g/mol. The molecule has 0 heterocycles. The highest BCUT2D eigenvalue weighted by Gasteiger charge is 2.05. The summed E-state index contributed by atoms with van der Waals surface area (Å²) < 4.78 is 0. The van der Waals surface area contributed by atoms with Crippen LogP contribution in [0.15, 0.2) is 67.3 Å². The number of aryl methyl sites for hydroxylation is 3. The molecule has 0 amide bonds. The molecular formula is C21H25N. The summed E-state index contributed by atoms with van der Waals surface area (Å²) in [5.41, 5.74) is 7.50. The van der Waals surface area contributed by atoms with Gasteiger partial charge in [-0.3, -0.25) is 0 Å². The summed E-state index contributed by atoms with van der Waals surface area (Å²) >= 11 is 0. The zero-order valence-electron chi connectivity index (χ0n) is 13.9. The summed E-state index contributed by atoms with van der Waals surface area (Å²) in [7, 11) is 2.11. The lowest BCUT2D eigenvalue weighted by molar-refractivity contribution is 0.969. The van der Waals surface area contributed by atoms with Gasteiger partial charge in [-0.15, -0.1) is 0 Å². The molecule has 0 aliphatic rings. The fourth-order valence-electron chi connectivity index (χ4n) is 2.38. The van der Waals surface area contributed by atoms with Crippen LogP contribution < -0.4 is 4.90 Å². The van der Waals surface area contributed by atoms with Crippen molar-refractivity contribution < 1.29 is 0 Å². The highest BCUT2D eigenvalue weighted by molar-refractivity contribution is 5.63. The summed E-state index contributed by atoms with van der Waals surface area (Å²) in [6.07, 6.45) is 3.82. The molecule has 0 aromatic heterocycles. The monoisotopic (exact) mass is 291 g/mol. The van der Waals surface area contributed by atoms with E-state index in [1.807, 2.05) is 6.08 Å². The van der Waals surface area contributed by atoms with Crippen molar-refractivity contribution in [1.29, 1.82) is 0 Å². The van der Waals surface area contributed by atoms with Gasteiger partial charge in [0, 0.05) is 18.4 Å². The molecular weight excluding hydrogens is 266 g/mol. The van der Waals surface area contributed by atoms with E-state index in [0.717, 1.165) is 18.4 Å². The zero-order valence-corrected chi connectivity index (χ0v) is 13.9. The van der Waals surface area contributed by atoms with Crippen molar-refractivity contribution in [3.63, 3.8) is 0 Å². The fraction of sp³-hybridized carbons (Fsp3) is 0.238. The maximum Gasteiger partial charge on any atom is 0.0410 e. The van der Waals surface area contributed by atoms with Crippen LogP contribution in [-0.4, -0.2) is 7.05 Å². The first-order valence-electron chi connectivity index (χ1n) is 7.71. The molecule has 2 aromatic carbocycles. The van der Waals surface area contributed by atoms with E-state index >= 15 is 0 Å². The van der Waals surface area contributed by atoms with Gasteiger partial charge in [-0.25, -0.2) is 0 Å². The van der Waals surface area contributed by atoms with E-state index in [4.69, 9.17) is 0 Å². The summed E-state index contributed by atoms with van der Waals surface area (Å²) in [6.45, 7) is 12.0. The van der Waals surface area contributed by atoms with Gasteiger partial charge in [-0.1, -0.05) is 43.0 Å². The normalized spacial score (nSPS) is 10.3. The molecule has 0 fully saturated rings. The Morgan fingerprint density at radius 3 is 2.23 bits per heavy atom. The van der Waals surface area contributed by atoms with Gasteiger partial charge in [0.25, 0.3) is 0 Å². The third-order valence-electron chi connectivity index (χ3n) is 4.22. The molecule has 0 radical (unpaired) electrons. The fourth-order valence-corrected chi connectivity index (χ4v) is 2.38. The molecule has 0 aliphatic carbocycles. The van der Waals surface area contributed by atoms with Crippen molar-refractivity contribution in [2.24, 2.45) is 0 Å². The molecule has 1 heteroatoms. The predicted octanol–water partition coefficient (Wildman–Crippen LogP) is 5.75. The quantitative estimate of drug-likeness (QED) is 0.613. The van der Waals surface area contributed by atoms with E-state index < -0.39 is 0 Å². The maximum atomic E-state index is 3.96. The molecule has 114 valence electrons. The van der Waals surface area contributed by atoms with Gasteiger partial charge < -0.3 is 4.90 Å². The molecule has 0 saturated heterocycles. The van der Waals surface area contributed by atoms with Crippen LogP contribution in [0, 0.1) is 13.8 Å². The number of hydrogen-bond acceptors (Lipinski definition) is 1. The second-order valence-electron chi connectivity index (χ2n) is 5.86. The van der Waals surface area contributed by atoms with Crippen LogP contribution in [0.5, 0.6) is 0 Å². The second kappa shape index (κ2) is 7.13. The molecule has 0 saturated carbocycles. The molecule has 1 nitrogen and oxygen atoms in total. The first-order valence-corrected chi connectivity index (χ1v) is 7.71. The van der Waals surface area contributed by atoms with Gasteiger partial charge in [0.15, 0.2) is 0 Å². The lowest BCUT2D eigenvalue weighted by Crippen LogP contribution is -2.09. The number of allylic oxidation sites excluding steroid dienone is 2. The maximum absolute atomic E-state index is 3.96. The Kier molecular flexibility index (Phi) is 5.21. The predicted molar refractivity (Wildman–Crippen MR) is 98.1 cm³/mol. The lowest BCUT2D eigenvalue weighted by atomic mass is 10.0. The third kappa shape index (κ3) is 3.88. The molecule has 2 aromatic rings. The lowest BCUT2D eigenvalue weighted by Gasteiger charge is -2.21. The van der Waals surface area contributed by atoms with Gasteiger partial charge in [0.05, 0.1) is 0 Å². The zero-order chi connectivity index (χ0) is 16.1. The van der Waals surface area contributed by atoms with Crippen LogP contribution in [0.1, 0.15) is 23.1 Å². The highest BCUT2D eigenvalue weighted by atomic mass is 15.1. The molecule has 0 aliphatic heterocycles. The van der Waals surface area contributed by atoms with Crippen LogP contribution in [-0.2, 0) is 6.42 Å². The largest absolute Gasteiger partial charge is 0.345 e. The van der Waals surface area contributed by atoms with Crippen molar-refractivity contribution in [2.45, 2.75) is 26.7 Å². The van der Waals surface area contributed by atoms with Crippen LogP contribution in [0.2, 0.25) is 0 Å². The minimum Gasteiger partial charge on any atom is -0.345 e. The molecule has 0 atom stereocenters. The van der Waals surface area contributed by atoms with E-state index in [-0.39, 0.29) is 0 Å². The van der Waals surface area contributed by atoms with Crippen molar-refractivity contribution in [1.82, 2.24) is 0 Å². The van der Waals surface area contributed by atoms with Gasteiger partial charge in [0.2, 0.25) is 0 Å². The molecule has 0 N–H and O–H groups in total. The van der Waals surface area contributed by atoms with Crippen molar-refractivity contribution >= 4 is 11.4 Å². The Morgan fingerprint density at radius 1 is 1.00 bits per heavy atom. The number of benzene rings is 2. The number of rotatable bonds is 6. The Balaban J connectivity index is 2.10. The number of nitrogens with zero attached hydrogens (tertiary/aromatic N) is 1. The van der Waals surface area contributed by atoms with Crippen LogP contribution >= 0.6 is 0 Å². The van der Waals surface area contributed by atoms with Gasteiger partial charge in [0.1, 0.15) is 0 Å². The number of anilines is 2. The van der Waals surface area contributed by atoms with E-state index in [9.17, 15) is 0 Å². The summed E-state index contributed by atoms with van der Waals surface area (Å²) in [6, 6.07) is 15.3. The smallest absolute Gasteiger partial charge is 0.0410 e. The van der Waals surface area contributed by atoms with E-state index in [2.05, 4.69) is 81.4 Å². The standard InChI is InChI=1S/C21H25N/c1-6-16(2)7-9-19-10-13-20(14-11-19)22(5)21-12-8-17(3)18(4)15-21/h6,8,10-15H,1-2,7,9H2,3-5H3. The Morgan fingerprint density at radius 2 is 1.64 bits per heavy atom. The Labute approximate surface area is 134 Å². The second-order valence-corrected chi connectivity index (χ2v) is 5.86.